The predicted octanol–water partition coefficient (Wildman–Crippen LogP) is 2.42. The average molecular weight is 352 g/mol. The first-order chi connectivity index (χ1) is 12.6. The number of likely N-dealkylation sites (tertiary alicyclic amines) is 1. The van der Waals surface area contributed by atoms with Crippen LogP contribution in [0.25, 0.3) is 11.0 Å². The minimum atomic E-state index is -0.0233. The quantitative estimate of drug-likeness (QED) is 0.756. The van der Waals surface area contributed by atoms with Crippen LogP contribution in [-0.2, 0) is 11.8 Å². The molecule has 1 aliphatic heterocycles. The molecule has 0 saturated carbocycles. The first-order valence-electron chi connectivity index (χ1n) is 9.05. The lowest BCUT2D eigenvalue weighted by atomic mass is 9.97. The molecule has 1 amide bonds. The zero-order chi connectivity index (χ0) is 18.1. The number of aromatic nitrogens is 4. The van der Waals surface area contributed by atoms with Gasteiger partial charge < -0.3 is 10.3 Å². The van der Waals surface area contributed by atoms with Gasteiger partial charge in [0.15, 0.2) is 5.82 Å². The number of imidazole rings is 1. The molecule has 0 unspecified atom stereocenters. The Balaban J connectivity index is 1.41. The first kappa shape index (κ1) is 16.8. The maximum absolute atomic E-state index is 12.3. The SMILES string of the molecule is Cc1cccc2[nH]c([C@@H]3CCCN(CC(=O)Nc4ccn(C)n4)C3)nc12. The summed E-state index contributed by atoms with van der Waals surface area (Å²) in [6.07, 6.45) is 3.98. The fourth-order valence-electron chi connectivity index (χ4n) is 3.68. The molecule has 2 aromatic heterocycles. The van der Waals surface area contributed by atoms with Gasteiger partial charge in [0.05, 0.1) is 17.6 Å². The van der Waals surface area contributed by atoms with Crippen molar-refractivity contribution in [1.82, 2.24) is 24.6 Å². The van der Waals surface area contributed by atoms with Crippen molar-refractivity contribution in [3.05, 3.63) is 41.9 Å². The summed E-state index contributed by atoms with van der Waals surface area (Å²) in [5.74, 6) is 1.94. The second-order valence-corrected chi connectivity index (χ2v) is 7.09. The highest BCUT2D eigenvalue weighted by Gasteiger charge is 2.25. The van der Waals surface area contributed by atoms with Gasteiger partial charge in [-0.05, 0) is 37.9 Å². The molecule has 4 rings (SSSR count). The van der Waals surface area contributed by atoms with E-state index in [4.69, 9.17) is 4.98 Å². The van der Waals surface area contributed by atoms with Crippen LogP contribution in [0.4, 0.5) is 5.82 Å². The van der Waals surface area contributed by atoms with Gasteiger partial charge in [0, 0.05) is 31.8 Å². The van der Waals surface area contributed by atoms with Crippen LogP contribution in [0, 0.1) is 6.92 Å². The van der Waals surface area contributed by atoms with Crippen LogP contribution in [0.15, 0.2) is 30.5 Å². The lowest BCUT2D eigenvalue weighted by Crippen LogP contribution is -2.40. The van der Waals surface area contributed by atoms with Gasteiger partial charge in [-0.2, -0.15) is 5.10 Å². The van der Waals surface area contributed by atoms with Gasteiger partial charge >= 0.3 is 0 Å². The largest absolute Gasteiger partial charge is 0.342 e. The number of piperidine rings is 1. The molecule has 1 fully saturated rings. The van der Waals surface area contributed by atoms with Crippen LogP contribution in [0.1, 0.15) is 30.1 Å². The number of hydrogen-bond acceptors (Lipinski definition) is 4. The molecule has 3 heterocycles. The molecule has 1 aromatic carbocycles. The van der Waals surface area contributed by atoms with Crippen molar-refractivity contribution in [2.24, 2.45) is 7.05 Å². The Kier molecular flexibility index (Phi) is 4.46. The Bertz CT molecular complexity index is 927. The van der Waals surface area contributed by atoms with E-state index < -0.39 is 0 Å². The smallest absolute Gasteiger partial charge is 0.239 e. The molecule has 136 valence electrons. The van der Waals surface area contributed by atoms with Gasteiger partial charge in [-0.25, -0.2) is 4.98 Å². The van der Waals surface area contributed by atoms with Crippen LogP contribution in [-0.4, -0.2) is 50.2 Å². The number of carbonyl (C=O) groups excluding carboxylic acids is 1. The Morgan fingerprint density at radius 1 is 1.38 bits per heavy atom. The van der Waals surface area contributed by atoms with Crippen LogP contribution >= 0.6 is 0 Å². The summed E-state index contributed by atoms with van der Waals surface area (Å²) in [5.41, 5.74) is 3.32. The highest BCUT2D eigenvalue weighted by Crippen LogP contribution is 2.27. The summed E-state index contributed by atoms with van der Waals surface area (Å²) in [6.45, 7) is 4.24. The fraction of sp³-hybridized carbons (Fsp3) is 0.421. The van der Waals surface area contributed by atoms with Gasteiger partial charge in [0.1, 0.15) is 5.82 Å². The van der Waals surface area contributed by atoms with E-state index >= 15 is 0 Å². The van der Waals surface area contributed by atoms with Crippen molar-refractivity contribution in [2.75, 3.05) is 25.0 Å². The molecule has 2 N–H and O–H groups in total. The topological polar surface area (TPSA) is 78.8 Å². The normalized spacial score (nSPS) is 18.3. The summed E-state index contributed by atoms with van der Waals surface area (Å²) >= 11 is 0. The highest BCUT2D eigenvalue weighted by molar-refractivity contribution is 5.91. The molecule has 7 heteroatoms. The van der Waals surface area contributed by atoms with Crippen LogP contribution in [0.2, 0.25) is 0 Å². The zero-order valence-electron chi connectivity index (χ0n) is 15.2. The average Bonchev–Trinajstić information content (AvgIpc) is 3.22. The molecule has 0 bridgehead atoms. The van der Waals surface area contributed by atoms with E-state index in [-0.39, 0.29) is 5.91 Å². The lowest BCUT2D eigenvalue weighted by Gasteiger charge is -2.31. The molecule has 1 atom stereocenters. The summed E-state index contributed by atoms with van der Waals surface area (Å²) in [6, 6.07) is 8.00. The third-order valence-electron chi connectivity index (χ3n) is 4.97. The summed E-state index contributed by atoms with van der Waals surface area (Å²) < 4.78 is 1.68. The summed E-state index contributed by atoms with van der Waals surface area (Å²) in [4.78, 5) is 22.8. The van der Waals surface area contributed by atoms with E-state index in [1.165, 1.54) is 5.56 Å². The summed E-state index contributed by atoms with van der Waals surface area (Å²) in [7, 11) is 1.83. The molecule has 7 nitrogen and oxygen atoms in total. The molecule has 26 heavy (non-hydrogen) atoms. The van der Waals surface area contributed by atoms with E-state index in [9.17, 15) is 4.79 Å². The minimum Gasteiger partial charge on any atom is -0.342 e. The van der Waals surface area contributed by atoms with Gasteiger partial charge in [0.25, 0.3) is 0 Å². The van der Waals surface area contributed by atoms with E-state index in [2.05, 4.69) is 45.4 Å². The van der Waals surface area contributed by atoms with Crippen molar-refractivity contribution in [3.8, 4) is 0 Å². The number of fused-ring (bicyclic) bond motifs is 1. The molecule has 3 aromatic rings. The number of amides is 1. The van der Waals surface area contributed by atoms with Crippen molar-refractivity contribution < 1.29 is 4.79 Å². The lowest BCUT2D eigenvalue weighted by molar-refractivity contribution is -0.117. The van der Waals surface area contributed by atoms with Crippen molar-refractivity contribution in [3.63, 3.8) is 0 Å². The van der Waals surface area contributed by atoms with E-state index in [0.717, 1.165) is 42.8 Å². The number of para-hydroxylation sites is 1. The van der Waals surface area contributed by atoms with Gasteiger partial charge in [-0.3, -0.25) is 14.4 Å². The van der Waals surface area contributed by atoms with Gasteiger partial charge in [0.2, 0.25) is 5.91 Å². The van der Waals surface area contributed by atoms with E-state index in [1.54, 1.807) is 10.7 Å². The van der Waals surface area contributed by atoms with Gasteiger partial charge in [-0.15, -0.1) is 0 Å². The van der Waals surface area contributed by atoms with Crippen LogP contribution in [0.5, 0.6) is 0 Å². The monoisotopic (exact) mass is 352 g/mol. The molecular formula is C19H24N6O. The third kappa shape index (κ3) is 3.48. The number of H-pyrrole nitrogens is 1. The second-order valence-electron chi connectivity index (χ2n) is 7.09. The number of aryl methyl sites for hydroxylation is 2. The third-order valence-corrected chi connectivity index (χ3v) is 4.97. The zero-order valence-corrected chi connectivity index (χ0v) is 15.2. The Labute approximate surface area is 152 Å². The van der Waals surface area contributed by atoms with Crippen LogP contribution < -0.4 is 5.32 Å². The predicted molar refractivity (Wildman–Crippen MR) is 101 cm³/mol. The second kappa shape index (κ2) is 6.92. The Morgan fingerprint density at radius 2 is 2.27 bits per heavy atom. The van der Waals surface area contributed by atoms with Crippen molar-refractivity contribution in [2.45, 2.75) is 25.7 Å². The van der Waals surface area contributed by atoms with E-state index in [1.807, 2.05) is 13.2 Å². The minimum absolute atomic E-state index is 0.0233. The van der Waals surface area contributed by atoms with Crippen LogP contribution in [0.3, 0.4) is 0 Å². The Morgan fingerprint density at radius 3 is 3.04 bits per heavy atom. The maximum Gasteiger partial charge on any atom is 0.239 e. The number of hydrogen-bond donors (Lipinski definition) is 2. The maximum atomic E-state index is 12.3. The van der Waals surface area contributed by atoms with Crippen molar-refractivity contribution >= 4 is 22.8 Å². The van der Waals surface area contributed by atoms with Gasteiger partial charge in [-0.1, -0.05) is 12.1 Å². The Hall–Kier alpha value is -2.67. The van der Waals surface area contributed by atoms with E-state index in [0.29, 0.717) is 18.3 Å². The molecule has 1 aliphatic rings. The molecular weight excluding hydrogens is 328 g/mol. The number of benzene rings is 1. The number of anilines is 1. The standard InChI is InChI=1S/C19H24N6O/c1-13-5-3-7-15-18(13)22-19(20-15)14-6-4-9-25(11-14)12-17(26)21-16-8-10-24(2)23-16/h3,5,7-8,10,14H,4,6,9,11-12H2,1-2H3,(H,20,22)(H,21,23,26)/t14-/m1/s1. The number of aromatic amines is 1. The molecule has 0 aliphatic carbocycles. The molecule has 0 radical (unpaired) electrons. The fourth-order valence-corrected chi connectivity index (χ4v) is 3.68. The molecule has 0 spiro atoms. The number of carbonyl (C=O) groups is 1. The molecule has 1 saturated heterocycles. The highest BCUT2D eigenvalue weighted by atomic mass is 16.2. The number of nitrogens with one attached hydrogen (secondary N) is 2. The number of rotatable bonds is 4. The van der Waals surface area contributed by atoms with Crippen molar-refractivity contribution in [1.29, 1.82) is 0 Å². The summed E-state index contributed by atoms with van der Waals surface area (Å²) in [5, 5.41) is 7.05. The first-order valence-corrected chi connectivity index (χ1v) is 9.05. The number of nitrogens with zero attached hydrogens (tertiary/aromatic N) is 4.